The molecule has 0 saturated carbocycles. The van der Waals surface area contributed by atoms with E-state index in [0.29, 0.717) is 0 Å². The highest BCUT2D eigenvalue weighted by atomic mass is 31.2. The van der Waals surface area contributed by atoms with Crippen molar-refractivity contribution in [1.82, 2.24) is 9.97 Å². The second-order valence-corrected chi connectivity index (χ2v) is 3.73. The van der Waals surface area contributed by atoms with Crippen molar-refractivity contribution in [3.63, 3.8) is 0 Å². The molecule has 0 aliphatic heterocycles. The molecule has 17 heavy (non-hydrogen) atoms. The molecule has 0 amide bonds. The first-order valence-electron chi connectivity index (χ1n) is 4.51. The molecule has 0 atom stereocenters. The lowest BCUT2D eigenvalue weighted by molar-refractivity contribution is 0.376. The molecule has 4 nitrogen and oxygen atoms in total. The summed E-state index contributed by atoms with van der Waals surface area (Å²) in [7, 11) is -5.64. The quantitative estimate of drug-likeness (QED) is 0.798. The zero-order chi connectivity index (χ0) is 12.7. The largest absolute Gasteiger partial charge is 0.549 e. The maximum Gasteiger partial charge on any atom is 0.549 e. The van der Waals surface area contributed by atoms with Crippen LogP contribution in [0.4, 0.5) is 8.39 Å². The van der Waals surface area contributed by atoms with Crippen LogP contribution in [0.1, 0.15) is 0 Å². The molecule has 0 aliphatic rings. The average molecular weight is 258 g/mol. The molecule has 2 aromatic rings. The van der Waals surface area contributed by atoms with Crippen LogP contribution in [0.5, 0.6) is 0 Å². The topological polar surface area (TPSA) is 63.1 Å². The molecule has 1 N–H and O–H groups in total. The van der Waals surface area contributed by atoms with Gasteiger partial charge in [0.05, 0.1) is 11.4 Å². The first-order chi connectivity index (χ1) is 7.97. The average Bonchev–Trinajstić information content (AvgIpc) is 2.29. The van der Waals surface area contributed by atoms with Crippen LogP contribution in [0.3, 0.4) is 0 Å². The summed E-state index contributed by atoms with van der Waals surface area (Å²) in [5.74, 6) is 0. The maximum atomic E-state index is 10.1. The summed E-state index contributed by atoms with van der Waals surface area (Å²) in [6.45, 7) is 0. The standard InChI is InChI=1S/C10H8N2.F2HO2P/c1-3-7-11-9(5-1)10-6-2-4-8-12-10;1-5(2,3)4/h1-8H;(H,3,4). The van der Waals surface area contributed by atoms with Crippen molar-refractivity contribution in [2.75, 3.05) is 0 Å². The Morgan fingerprint density at radius 2 is 1.29 bits per heavy atom. The molecule has 0 aromatic carbocycles. The van der Waals surface area contributed by atoms with Gasteiger partial charge in [-0.25, -0.2) is 4.57 Å². The number of pyridine rings is 2. The third kappa shape index (κ3) is 6.50. The molecule has 2 heterocycles. The van der Waals surface area contributed by atoms with E-state index in [1.54, 1.807) is 12.4 Å². The van der Waals surface area contributed by atoms with Gasteiger partial charge in [0, 0.05) is 12.4 Å². The van der Waals surface area contributed by atoms with Gasteiger partial charge >= 0.3 is 7.99 Å². The normalized spacial score (nSPS) is 10.3. The van der Waals surface area contributed by atoms with Crippen molar-refractivity contribution in [2.45, 2.75) is 0 Å². The summed E-state index contributed by atoms with van der Waals surface area (Å²) in [5.41, 5.74) is 1.83. The minimum absolute atomic E-state index is 0.915. The summed E-state index contributed by atoms with van der Waals surface area (Å²) >= 11 is 0. The molecule has 2 aromatic heterocycles. The van der Waals surface area contributed by atoms with E-state index in [0.717, 1.165) is 11.4 Å². The number of rotatable bonds is 1. The fourth-order valence-corrected chi connectivity index (χ4v) is 1.03. The molecular weight excluding hydrogens is 249 g/mol. The molecular formula is C10H9F2N2O2P. The van der Waals surface area contributed by atoms with Crippen molar-refractivity contribution in [3.05, 3.63) is 48.8 Å². The van der Waals surface area contributed by atoms with Crippen molar-refractivity contribution >= 4 is 7.99 Å². The zero-order valence-corrected chi connectivity index (χ0v) is 9.47. The highest BCUT2D eigenvalue weighted by molar-refractivity contribution is 7.46. The summed E-state index contributed by atoms with van der Waals surface area (Å²) in [6.07, 6.45) is 3.54. The monoisotopic (exact) mass is 258 g/mol. The van der Waals surface area contributed by atoms with Crippen molar-refractivity contribution in [2.24, 2.45) is 0 Å². The molecule has 0 fully saturated rings. The summed E-state index contributed by atoms with van der Waals surface area (Å²) in [5, 5.41) is 0. The number of halogens is 2. The Bertz CT molecular complexity index is 444. The summed E-state index contributed by atoms with van der Waals surface area (Å²) in [6, 6.07) is 11.6. The molecule has 90 valence electrons. The van der Waals surface area contributed by atoms with Crippen molar-refractivity contribution < 1.29 is 17.9 Å². The number of hydrogen-bond acceptors (Lipinski definition) is 3. The van der Waals surface area contributed by atoms with Gasteiger partial charge in [-0.15, -0.1) is 8.39 Å². The van der Waals surface area contributed by atoms with E-state index in [9.17, 15) is 8.39 Å². The van der Waals surface area contributed by atoms with Crippen LogP contribution in [-0.2, 0) is 4.57 Å². The van der Waals surface area contributed by atoms with E-state index in [2.05, 4.69) is 9.97 Å². The second kappa shape index (κ2) is 6.18. The highest BCUT2D eigenvalue weighted by Crippen LogP contribution is 2.43. The van der Waals surface area contributed by atoms with Gasteiger partial charge in [0.25, 0.3) is 0 Å². The van der Waals surface area contributed by atoms with E-state index in [1.807, 2.05) is 36.4 Å². The smallest absolute Gasteiger partial charge is 0.296 e. The van der Waals surface area contributed by atoms with Crippen LogP contribution in [0.15, 0.2) is 48.8 Å². The van der Waals surface area contributed by atoms with Crippen molar-refractivity contribution in [1.29, 1.82) is 0 Å². The third-order valence-electron chi connectivity index (χ3n) is 1.59. The Balaban J connectivity index is 0.000000249. The minimum Gasteiger partial charge on any atom is -0.296 e. The van der Waals surface area contributed by atoms with E-state index in [-0.39, 0.29) is 0 Å². The number of hydrogen-bond donors (Lipinski definition) is 1. The molecule has 0 bridgehead atoms. The molecule has 0 spiro atoms. The first kappa shape index (κ1) is 13.4. The van der Waals surface area contributed by atoms with Crippen LogP contribution in [-0.4, -0.2) is 14.9 Å². The number of aromatic nitrogens is 2. The maximum absolute atomic E-state index is 10.1. The summed E-state index contributed by atoms with van der Waals surface area (Å²) < 4.78 is 28.7. The van der Waals surface area contributed by atoms with Gasteiger partial charge in [0.15, 0.2) is 0 Å². The van der Waals surface area contributed by atoms with Gasteiger partial charge in [-0.05, 0) is 24.3 Å². The number of nitrogens with zero attached hydrogens (tertiary/aromatic N) is 2. The Morgan fingerprint density at radius 3 is 1.53 bits per heavy atom. The lowest BCUT2D eigenvalue weighted by Crippen LogP contribution is -1.83. The second-order valence-electron chi connectivity index (χ2n) is 2.86. The van der Waals surface area contributed by atoms with Crippen LogP contribution in [0.25, 0.3) is 11.4 Å². The SMILES string of the molecule is O=P(O)(F)F.c1ccc(-c2ccccn2)nc1. The molecule has 0 saturated heterocycles. The van der Waals surface area contributed by atoms with Gasteiger partial charge in [0.2, 0.25) is 0 Å². The fraction of sp³-hybridized carbons (Fsp3) is 0. The Hall–Kier alpha value is -1.65. The van der Waals surface area contributed by atoms with Gasteiger partial charge in [-0.1, -0.05) is 12.1 Å². The van der Waals surface area contributed by atoms with Gasteiger partial charge < -0.3 is 0 Å². The first-order valence-corrected chi connectivity index (χ1v) is 5.95. The Labute approximate surface area is 96.7 Å². The van der Waals surface area contributed by atoms with Crippen molar-refractivity contribution in [3.8, 4) is 11.4 Å². The van der Waals surface area contributed by atoms with Gasteiger partial charge in [0.1, 0.15) is 0 Å². The Morgan fingerprint density at radius 1 is 0.941 bits per heavy atom. The molecule has 0 unspecified atom stereocenters. The van der Waals surface area contributed by atoms with E-state index in [4.69, 9.17) is 9.46 Å². The van der Waals surface area contributed by atoms with Gasteiger partial charge in [-0.2, -0.15) is 0 Å². The lowest BCUT2D eigenvalue weighted by Gasteiger charge is -1.96. The van der Waals surface area contributed by atoms with E-state index in [1.165, 1.54) is 0 Å². The molecule has 0 radical (unpaired) electrons. The zero-order valence-electron chi connectivity index (χ0n) is 8.57. The fourth-order valence-electron chi connectivity index (χ4n) is 1.03. The van der Waals surface area contributed by atoms with E-state index >= 15 is 0 Å². The third-order valence-corrected chi connectivity index (χ3v) is 1.59. The van der Waals surface area contributed by atoms with Crippen LogP contribution in [0.2, 0.25) is 0 Å². The molecule has 2 rings (SSSR count). The van der Waals surface area contributed by atoms with E-state index < -0.39 is 7.99 Å². The predicted molar refractivity (Wildman–Crippen MR) is 59.5 cm³/mol. The lowest BCUT2D eigenvalue weighted by atomic mass is 10.2. The van der Waals surface area contributed by atoms with Gasteiger partial charge in [-0.3, -0.25) is 14.9 Å². The molecule has 7 heteroatoms. The van der Waals surface area contributed by atoms with Crippen LogP contribution >= 0.6 is 7.99 Å². The highest BCUT2D eigenvalue weighted by Gasteiger charge is 2.09. The van der Waals surface area contributed by atoms with Crippen LogP contribution < -0.4 is 0 Å². The summed E-state index contributed by atoms with van der Waals surface area (Å²) in [4.78, 5) is 15.1. The Kier molecular flexibility index (Phi) is 4.87. The molecule has 0 aliphatic carbocycles. The minimum atomic E-state index is -5.64. The predicted octanol–water partition coefficient (Wildman–Crippen LogP) is 3.17. The van der Waals surface area contributed by atoms with Crippen LogP contribution in [0, 0.1) is 0 Å².